The van der Waals surface area contributed by atoms with E-state index in [9.17, 15) is 18.4 Å². The van der Waals surface area contributed by atoms with Gasteiger partial charge >= 0.3 is 5.97 Å². The van der Waals surface area contributed by atoms with Crippen LogP contribution in [0.25, 0.3) is 0 Å². The van der Waals surface area contributed by atoms with Crippen molar-refractivity contribution in [3.05, 3.63) is 0 Å². The topological polar surface area (TPSA) is 69.6 Å². The number of aliphatic carboxylic acids is 1. The molecule has 2 N–H and O–H groups in total. The molecule has 0 aromatic rings. The minimum Gasteiger partial charge on any atom is -0.480 e. The van der Waals surface area contributed by atoms with E-state index in [-0.39, 0.29) is 12.8 Å². The predicted molar refractivity (Wildman–Crippen MR) is 60.5 cm³/mol. The number of carboxylic acids is 1. The number of carbonyl (C=O) groups excluding carboxylic acids is 1. The number of rotatable bonds is 7. The molecule has 0 aliphatic carbocycles. The van der Waals surface area contributed by atoms with E-state index < -0.39 is 17.9 Å². The summed E-state index contributed by atoms with van der Waals surface area (Å²) in [7, 11) is 0. The van der Waals surface area contributed by atoms with Crippen LogP contribution >= 0.6 is 0 Å². The van der Waals surface area contributed by atoms with Crippen molar-refractivity contribution >= 4 is 12.4 Å². The Balaban J connectivity index is 2.21. The van der Waals surface area contributed by atoms with Crippen LogP contribution in [0.5, 0.6) is 0 Å². The van der Waals surface area contributed by atoms with Gasteiger partial charge in [0.25, 0.3) is 5.92 Å². The maximum absolute atomic E-state index is 12.9. The third kappa shape index (κ3) is 4.95. The molecule has 1 heterocycles. The van der Waals surface area contributed by atoms with Gasteiger partial charge in [0.2, 0.25) is 6.41 Å². The molecule has 1 atom stereocenters. The number of carboxylic acid groups (broad SMARTS) is 1. The lowest BCUT2D eigenvalue weighted by atomic mass is 10.1. The molecule has 1 fully saturated rings. The third-order valence-electron chi connectivity index (χ3n) is 3.12. The van der Waals surface area contributed by atoms with Gasteiger partial charge in [0, 0.05) is 25.9 Å². The van der Waals surface area contributed by atoms with Gasteiger partial charge in [0.05, 0.1) is 0 Å². The first-order valence-corrected chi connectivity index (χ1v) is 5.97. The highest BCUT2D eigenvalue weighted by molar-refractivity contribution is 5.76. The molecule has 7 heteroatoms. The highest BCUT2D eigenvalue weighted by atomic mass is 19.3. The van der Waals surface area contributed by atoms with Crippen LogP contribution < -0.4 is 5.32 Å². The Morgan fingerprint density at radius 3 is 2.56 bits per heavy atom. The molecule has 0 saturated carbocycles. The fraction of sp³-hybridized carbons (Fsp3) is 0.818. The van der Waals surface area contributed by atoms with Crippen molar-refractivity contribution in [3.8, 4) is 0 Å². The summed E-state index contributed by atoms with van der Waals surface area (Å²) in [5, 5.41) is 11.0. The molecule has 1 aliphatic rings. The van der Waals surface area contributed by atoms with Gasteiger partial charge in [-0.2, -0.15) is 0 Å². The van der Waals surface area contributed by atoms with Gasteiger partial charge in [-0.05, 0) is 19.4 Å². The van der Waals surface area contributed by atoms with E-state index in [0.29, 0.717) is 38.9 Å². The van der Waals surface area contributed by atoms with Gasteiger partial charge in [-0.15, -0.1) is 0 Å². The zero-order valence-electron chi connectivity index (χ0n) is 10.1. The van der Waals surface area contributed by atoms with Gasteiger partial charge in [-0.3, -0.25) is 4.79 Å². The van der Waals surface area contributed by atoms with Crippen molar-refractivity contribution in [2.45, 2.75) is 37.6 Å². The molecule has 1 amide bonds. The Morgan fingerprint density at radius 2 is 2.06 bits per heavy atom. The number of nitrogens with one attached hydrogen (secondary N) is 1. The number of carbonyl (C=O) groups is 2. The molecule has 1 rings (SSSR count). The van der Waals surface area contributed by atoms with E-state index in [1.54, 1.807) is 0 Å². The normalized spacial score (nSPS) is 21.2. The lowest BCUT2D eigenvalue weighted by Crippen LogP contribution is -2.41. The molecule has 0 aromatic carbocycles. The number of amides is 1. The number of likely N-dealkylation sites (tertiary alicyclic amines) is 1. The molecule has 0 bridgehead atoms. The second kappa shape index (κ2) is 6.63. The number of hydrogen-bond acceptors (Lipinski definition) is 3. The first-order valence-electron chi connectivity index (χ1n) is 5.97. The van der Waals surface area contributed by atoms with Crippen LogP contribution in [-0.4, -0.2) is 54.0 Å². The fourth-order valence-corrected chi connectivity index (χ4v) is 1.98. The largest absolute Gasteiger partial charge is 0.480 e. The van der Waals surface area contributed by atoms with Crippen LogP contribution in [0.1, 0.15) is 25.7 Å². The molecule has 0 spiro atoms. The van der Waals surface area contributed by atoms with Crippen molar-refractivity contribution in [3.63, 3.8) is 0 Å². The first kappa shape index (κ1) is 14.8. The van der Waals surface area contributed by atoms with Gasteiger partial charge in [0.15, 0.2) is 0 Å². The average Bonchev–Trinajstić information content (AvgIpc) is 2.30. The van der Waals surface area contributed by atoms with Crippen LogP contribution in [0.4, 0.5) is 8.78 Å². The van der Waals surface area contributed by atoms with Crippen molar-refractivity contribution in [2.24, 2.45) is 0 Å². The zero-order valence-corrected chi connectivity index (χ0v) is 10.1. The smallest absolute Gasteiger partial charge is 0.326 e. The Hall–Kier alpha value is -1.24. The van der Waals surface area contributed by atoms with E-state index in [1.807, 2.05) is 4.90 Å². The summed E-state index contributed by atoms with van der Waals surface area (Å²) in [6.07, 6.45) is 0.953. The van der Waals surface area contributed by atoms with Crippen LogP contribution in [0.3, 0.4) is 0 Å². The molecule has 1 unspecified atom stereocenters. The van der Waals surface area contributed by atoms with Gasteiger partial charge in [-0.25, -0.2) is 13.6 Å². The van der Waals surface area contributed by atoms with Crippen LogP contribution in [0.2, 0.25) is 0 Å². The third-order valence-corrected chi connectivity index (χ3v) is 3.12. The number of nitrogens with zero attached hydrogens (tertiary/aromatic N) is 1. The van der Waals surface area contributed by atoms with Crippen LogP contribution in [0, 0.1) is 0 Å². The fourth-order valence-electron chi connectivity index (χ4n) is 1.98. The van der Waals surface area contributed by atoms with E-state index in [4.69, 9.17) is 5.11 Å². The second-order valence-corrected chi connectivity index (χ2v) is 4.52. The number of alkyl halides is 2. The Kier molecular flexibility index (Phi) is 5.46. The van der Waals surface area contributed by atoms with Gasteiger partial charge in [0.1, 0.15) is 6.04 Å². The summed E-state index contributed by atoms with van der Waals surface area (Å²) in [5.74, 6) is -3.63. The van der Waals surface area contributed by atoms with Crippen LogP contribution in [0.15, 0.2) is 0 Å². The number of halogens is 2. The molecular formula is C11H18F2N2O3. The molecular weight excluding hydrogens is 246 g/mol. The average molecular weight is 264 g/mol. The van der Waals surface area contributed by atoms with Crippen molar-refractivity contribution in [2.75, 3.05) is 19.6 Å². The monoisotopic (exact) mass is 264 g/mol. The highest BCUT2D eigenvalue weighted by Gasteiger charge is 2.33. The van der Waals surface area contributed by atoms with Crippen molar-refractivity contribution in [1.29, 1.82) is 0 Å². The minimum absolute atomic E-state index is 0.137. The lowest BCUT2D eigenvalue weighted by molar-refractivity contribution is -0.140. The maximum atomic E-state index is 12.9. The molecule has 104 valence electrons. The molecule has 0 radical (unpaired) electrons. The summed E-state index contributed by atoms with van der Waals surface area (Å²) >= 11 is 0. The quantitative estimate of drug-likeness (QED) is 0.664. The number of hydrogen-bond donors (Lipinski definition) is 2. The summed E-state index contributed by atoms with van der Waals surface area (Å²) in [6.45, 7) is 1.26. The first-order chi connectivity index (χ1) is 8.44. The van der Waals surface area contributed by atoms with E-state index in [2.05, 4.69) is 5.32 Å². The van der Waals surface area contributed by atoms with Gasteiger partial charge < -0.3 is 15.3 Å². The van der Waals surface area contributed by atoms with E-state index in [0.717, 1.165) is 0 Å². The summed E-state index contributed by atoms with van der Waals surface area (Å²) in [4.78, 5) is 22.8. The van der Waals surface area contributed by atoms with E-state index >= 15 is 0 Å². The summed E-state index contributed by atoms with van der Waals surface area (Å²) in [5.41, 5.74) is 0. The maximum Gasteiger partial charge on any atom is 0.326 e. The van der Waals surface area contributed by atoms with Crippen molar-refractivity contribution in [1.82, 2.24) is 10.2 Å². The summed E-state index contributed by atoms with van der Waals surface area (Å²) in [6, 6.07) is -0.895. The molecule has 5 nitrogen and oxygen atoms in total. The Bertz CT molecular complexity index is 290. The SMILES string of the molecule is O=CNC(CCCN1CCC(F)(F)CC1)C(=O)O. The molecule has 18 heavy (non-hydrogen) atoms. The Labute approximate surface area is 104 Å². The second-order valence-electron chi connectivity index (χ2n) is 4.52. The highest BCUT2D eigenvalue weighted by Crippen LogP contribution is 2.27. The molecule has 1 saturated heterocycles. The van der Waals surface area contributed by atoms with Crippen molar-refractivity contribution < 1.29 is 23.5 Å². The number of piperidine rings is 1. The van der Waals surface area contributed by atoms with Crippen LogP contribution in [-0.2, 0) is 9.59 Å². The van der Waals surface area contributed by atoms with E-state index in [1.165, 1.54) is 0 Å². The predicted octanol–water partition coefficient (Wildman–Crippen LogP) is 0.697. The Morgan fingerprint density at radius 1 is 1.44 bits per heavy atom. The molecule has 0 aromatic heterocycles. The lowest BCUT2D eigenvalue weighted by Gasteiger charge is -2.31. The zero-order chi connectivity index (χ0) is 13.6. The minimum atomic E-state index is -2.56. The summed E-state index contributed by atoms with van der Waals surface area (Å²) < 4.78 is 25.8. The standard InChI is InChI=1S/C11H18F2N2O3/c12-11(13)3-6-15(7-4-11)5-1-2-9(10(17)18)14-8-16/h8-9H,1-7H2,(H,14,16)(H,17,18). The van der Waals surface area contributed by atoms with Gasteiger partial charge in [-0.1, -0.05) is 0 Å². The molecule has 1 aliphatic heterocycles.